The van der Waals surface area contributed by atoms with E-state index >= 15 is 0 Å². The van der Waals surface area contributed by atoms with Crippen LogP contribution in [0, 0.1) is 0 Å². The Morgan fingerprint density at radius 1 is 1.06 bits per heavy atom. The lowest BCUT2D eigenvalue weighted by atomic mass is 9.89. The van der Waals surface area contributed by atoms with Crippen LogP contribution in [0.4, 0.5) is 11.4 Å². The highest BCUT2D eigenvalue weighted by Crippen LogP contribution is 2.43. The number of hydrogen-bond donors (Lipinski definition) is 0. The minimum Gasteiger partial charge on any atom is -0.305 e. The van der Waals surface area contributed by atoms with Gasteiger partial charge in [0, 0.05) is 46.4 Å². The molecule has 2 heterocycles. The average Bonchev–Trinajstić information content (AvgIpc) is 3.28. The van der Waals surface area contributed by atoms with Crippen LogP contribution in [0.25, 0.3) is 10.9 Å². The van der Waals surface area contributed by atoms with Gasteiger partial charge < -0.3 is 9.80 Å². The maximum atomic E-state index is 13.9. The number of hydrogen-bond acceptors (Lipinski definition) is 3. The van der Waals surface area contributed by atoms with Crippen LogP contribution >= 0.6 is 11.6 Å². The topological polar surface area (TPSA) is 58.4 Å². The van der Waals surface area contributed by atoms with Gasteiger partial charge in [-0.25, -0.2) is 0 Å². The molecule has 3 aromatic carbocycles. The fourth-order valence-electron chi connectivity index (χ4n) is 5.26. The predicted molar refractivity (Wildman–Crippen MR) is 145 cm³/mol. The number of halogens is 1. The molecule has 0 saturated heterocycles. The van der Waals surface area contributed by atoms with Crippen molar-refractivity contribution in [2.75, 3.05) is 9.80 Å². The molecule has 2 atom stereocenters. The lowest BCUT2D eigenvalue weighted by Gasteiger charge is -2.43. The predicted octanol–water partition coefficient (Wildman–Crippen LogP) is 6.80. The molecule has 2 amide bonds. The zero-order chi connectivity index (χ0) is 25.6. The Hall–Kier alpha value is -3.64. The first kappa shape index (κ1) is 24.1. The lowest BCUT2D eigenvalue weighted by Crippen LogP contribution is -2.47. The number of carbonyl (C=O) groups is 2. The Bertz CT molecular complexity index is 1440. The van der Waals surface area contributed by atoms with E-state index in [4.69, 9.17) is 11.6 Å². The van der Waals surface area contributed by atoms with Gasteiger partial charge in [-0.1, -0.05) is 29.8 Å². The minimum atomic E-state index is -0.203. The summed E-state index contributed by atoms with van der Waals surface area (Å²) in [7, 11) is 0. The van der Waals surface area contributed by atoms with Gasteiger partial charge in [0.05, 0.1) is 17.8 Å². The fourth-order valence-corrected chi connectivity index (χ4v) is 5.38. The molecule has 1 aliphatic heterocycles. The normalized spacial score (nSPS) is 17.3. The van der Waals surface area contributed by atoms with Crippen molar-refractivity contribution in [3.05, 3.63) is 89.1 Å². The molecule has 184 valence electrons. The lowest BCUT2D eigenvalue weighted by molar-refractivity contribution is -0.117. The molecule has 0 aliphatic carbocycles. The van der Waals surface area contributed by atoms with Crippen molar-refractivity contribution in [1.82, 2.24) is 9.78 Å². The number of anilines is 2. The molecule has 36 heavy (non-hydrogen) atoms. The molecule has 0 unspecified atom stereocenters. The number of benzene rings is 3. The smallest absolute Gasteiger partial charge is 0.258 e. The third kappa shape index (κ3) is 4.16. The van der Waals surface area contributed by atoms with Crippen LogP contribution < -0.4 is 9.80 Å². The number of para-hydroxylation sites is 1. The van der Waals surface area contributed by atoms with Gasteiger partial charge in [0.25, 0.3) is 5.91 Å². The highest BCUT2D eigenvalue weighted by Gasteiger charge is 2.38. The second-order valence-electron chi connectivity index (χ2n) is 9.66. The van der Waals surface area contributed by atoms with Crippen LogP contribution in [0.2, 0.25) is 5.02 Å². The molecule has 0 fully saturated rings. The molecular weight excluding hydrogens is 472 g/mol. The molecule has 0 saturated carbocycles. The number of aromatic nitrogens is 2. The number of nitrogens with zero attached hydrogens (tertiary/aromatic N) is 4. The monoisotopic (exact) mass is 500 g/mol. The maximum absolute atomic E-state index is 13.9. The molecule has 6 nitrogen and oxygen atoms in total. The maximum Gasteiger partial charge on any atom is 0.258 e. The Morgan fingerprint density at radius 2 is 1.78 bits per heavy atom. The molecule has 1 aliphatic rings. The second-order valence-corrected chi connectivity index (χ2v) is 10.1. The first-order valence-electron chi connectivity index (χ1n) is 12.2. The molecular formula is C29H29ClN4O2. The molecule has 0 bridgehead atoms. The van der Waals surface area contributed by atoms with E-state index in [1.807, 2.05) is 77.3 Å². The Balaban J connectivity index is 1.54. The Labute approximate surface area is 216 Å². The van der Waals surface area contributed by atoms with Gasteiger partial charge in [0.15, 0.2) is 0 Å². The zero-order valence-electron chi connectivity index (χ0n) is 20.9. The summed E-state index contributed by atoms with van der Waals surface area (Å²) in [6, 6.07) is 20.8. The highest BCUT2D eigenvalue weighted by molar-refractivity contribution is 6.30. The Morgan fingerprint density at radius 3 is 2.47 bits per heavy atom. The first-order valence-corrected chi connectivity index (χ1v) is 12.6. The summed E-state index contributed by atoms with van der Waals surface area (Å²) in [5.41, 5.74) is 4.18. The summed E-state index contributed by atoms with van der Waals surface area (Å²) in [6.07, 6.45) is 2.42. The van der Waals surface area contributed by atoms with Crippen molar-refractivity contribution >= 4 is 45.7 Å². The summed E-state index contributed by atoms with van der Waals surface area (Å²) >= 11 is 6.10. The second kappa shape index (κ2) is 9.43. The molecule has 0 spiro atoms. The van der Waals surface area contributed by atoms with Gasteiger partial charge >= 0.3 is 0 Å². The summed E-state index contributed by atoms with van der Waals surface area (Å²) in [6.45, 7) is 7.79. The van der Waals surface area contributed by atoms with E-state index < -0.39 is 0 Å². The Kier molecular flexibility index (Phi) is 6.31. The summed E-state index contributed by atoms with van der Waals surface area (Å²) in [5.74, 6) is -0.120. The third-order valence-corrected chi connectivity index (χ3v) is 7.12. The molecule has 7 heteroatoms. The van der Waals surface area contributed by atoms with Gasteiger partial charge in [-0.15, -0.1) is 0 Å². The van der Waals surface area contributed by atoms with Crippen molar-refractivity contribution in [1.29, 1.82) is 0 Å². The van der Waals surface area contributed by atoms with Gasteiger partial charge in [-0.3, -0.25) is 14.3 Å². The molecule has 0 N–H and O–H groups in total. The van der Waals surface area contributed by atoms with Crippen LogP contribution in [-0.2, 0) is 4.79 Å². The van der Waals surface area contributed by atoms with Crippen molar-refractivity contribution in [2.24, 2.45) is 0 Å². The van der Waals surface area contributed by atoms with Crippen LogP contribution in [0.1, 0.15) is 62.1 Å². The van der Waals surface area contributed by atoms with Crippen LogP contribution in [0.5, 0.6) is 0 Å². The standard InChI is InChI=1S/C29H29ClN4O2/c1-18(2)34-26-14-9-21(16-22(26)17-31-34)29(36)32-19(3)15-28(25-7-5-6-8-27(25)32)33(20(4)35)24-12-10-23(30)11-13-24/h5-14,16-19,28H,15H2,1-4H3/t19-,28+/m0/s1. The van der Waals surface area contributed by atoms with E-state index in [2.05, 4.69) is 18.9 Å². The molecule has 4 aromatic rings. The number of fused-ring (bicyclic) bond motifs is 2. The average molecular weight is 501 g/mol. The van der Waals surface area contributed by atoms with Crippen LogP contribution in [-0.4, -0.2) is 27.6 Å². The van der Waals surface area contributed by atoms with Crippen molar-refractivity contribution in [3.63, 3.8) is 0 Å². The number of carbonyl (C=O) groups excluding carboxylic acids is 2. The molecule has 5 rings (SSSR count). The van der Waals surface area contributed by atoms with E-state index in [-0.39, 0.29) is 29.9 Å². The largest absolute Gasteiger partial charge is 0.305 e. The van der Waals surface area contributed by atoms with Crippen LogP contribution in [0.3, 0.4) is 0 Å². The van der Waals surface area contributed by atoms with Gasteiger partial charge in [-0.05, 0) is 81.3 Å². The third-order valence-electron chi connectivity index (χ3n) is 6.87. The fraction of sp³-hybridized carbons (Fsp3) is 0.276. The summed E-state index contributed by atoms with van der Waals surface area (Å²) < 4.78 is 1.96. The molecule has 1 aromatic heterocycles. The quantitative estimate of drug-likeness (QED) is 0.309. The van der Waals surface area contributed by atoms with E-state index in [0.717, 1.165) is 27.8 Å². The van der Waals surface area contributed by atoms with Gasteiger partial charge in [0.1, 0.15) is 0 Å². The first-order chi connectivity index (χ1) is 17.3. The van der Waals surface area contributed by atoms with Gasteiger partial charge in [-0.2, -0.15) is 5.10 Å². The van der Waals surface area contributed by atoms with Gasteiger partial charge in [0.2, 0.25) is 5.91 Å². The number of amides is 2. The molecule has 0 radical (unpaired) electrons. The number of rotatable bonds is 4. The SMILES string of the molecule is CC(=O)N(c1ccc(Cl)cc1)[C@@H]1C[C@H](C)N(C(=O)c2ccc3c(cnn3C(C)C)c2)c2ccccc21. The van der Waals surface area contributed by atoms with Crippen LogP contribution in [0.15, 0.2) is 72.9 Å². The minimum absolute atomic E-state index is 0.0586. The highest BCUT2D eigenvalue weighted by atomic mass is 35.5. The summed E-state index contributed by atoms with van der Waals surface area (Å²) in [4.78, 5) is 30.4. The summed E-state index contributed by atoms with van der Waals surface area (Å²) in [5, 5.41) is 6.04. The zero-order valence-corrected chi connectivity index (χ0v) is 21.6. The van der Waals surface area contributed by atoms with Crippen molar-refractivity contribution < 1.29 is 9.59 Å². The van der Waals surface area contributed by atoms with E-state index in [0.29, 0.717) is 17.0 Å². The van der Waals surface area contributed by atoms with Crippen molar-refractivity contribution in [2.45, 2.75) is 52.2 Å². The van der Waals surface area contributed by atoms with E-state index in [1.54, 1.807) is 24.0 Å². The van der Waals surface area contributed by atoms with Crippen molar-refractivity contribution in [3.8, 4) is 0 Å². The van der Waals surface area contributed by atoms with E-state index in [9.17, 15) is 9.59 Å². The van der Waals surface area contributed by atoms with E-state index in [1.165, 1.54) is 0 Å².